The molecule has 1 aromatic heterocycles. The summed E-state index contributed by atoms with van der Waals surface area (Å²) in [7, 11) is 0. The number of aryl methyl sites for hydroxylation is 1. The minimum absolute atomic E-state index is 0.211. The number of hydrogen-bond donors (Lipinski definition) is 2. The molecule has 0 radical (unpaired) electrons. The van der Waals surface area contributed by atoms with E-state index in [0.717, 1.165) is 25.3 Å². The molecule has 3 nitrogen and oxygen atoms in total. The highest BCUT2D eigenvalue weighted by Crippen LogP contribution is 2.13. The third-order valence-corrected chi connectivity index (χ3v) is 2.44. The lowest BCUT2D eigenvalue weighted by Gasteiger charge is -2.24. The predicted octanol–water partition coefficient (Wildman–Crippen LogP) is 0.763. The molecule has 0 amide bonds. The molecule has 2 N–H and O–H groups in total. The minimum Gasteiger partial charge on any atom is -0.314 e. The normalized spacial score (nSPS) is 22.3. The number of rotatable bonds is 1. The zero-order valence-electron chi connectivity index (χ0n) is 8.18. The van der Waals surface area contributed by atoms with Crippen molar-refractivity contribution in [2.24, 2.45) is 0 Å². The quantitative estimate of drug-likeness (QED) is 0.694. The highest BCUT2D eigenvalue weighted by molar-refractivity contribution is 5.16. The second-order valence-electron chi connectivity index (χ2n) is 3.51. The summed E-state index contributed by atoms with van der Waals surface area (Å²) in [5.41, 5.74) is 1.38. The second kappa shape index (κ2) is 4.02. The van der Waals surface area contributed by atoms with E-state index >= 15 is 0 Å². The number of pyridine rings is 1. The molecule has 0 unspecified atom stereocenters. The van der Waals surface area contributed by atoms with E-state index in [1.54, 1.807) is 13.0 Å². The van der Waals surface area contributed by atoms with Crippen molar-refractivity contribution in [3.05, 3.63) is 29.3 Å². The van der Waals surface area contributed by atoms with Crippen LogP contribution < -0.4 is 10.6 Å². The van der Waals surface area contributed by atoms with E-state index in [1.807, 2.05) is 0 Å². The second-order valence-corrected chi connectivity index (χ2v) is 3.51. The highest BCUT2D eigenvalue weighted by Gasteiger charge is 2.15. The van der Waals surface area contributed by atoms with Gasteiger partial charge in [0, 0.05) is 19.6 Å². The lowest BCUT2D eigenvalue weighted by atomic mass is 10.1. The molecule has 4 heteroatoms. The number of hydrogen-bond acceptors (Lipinski definition) is 3. The van der Waals surface area contributed by atoms with Crippen LogP contribution in [-0.4, -0.2) is 24.6 Å². The molecule has 76 valence electrons. The van der Waals surface area contributed by atoms with Gasteiger partial charge >= 0.3 is 0 Å². The van der Waals surface area contributed by atoms with Crippen LogP contribution in [-0.2, 0) is 0 Å². The van der Waals surface area contributed by atoms with Crippen molar-refractivity contribution in [1.29, 1.82) is 0 Å². The van der Waals surface area contributed by atoms with Crippen molar-refractivity contribution >= 4 is 0 Å². The van der Waals surface area contributed by atoms with Gasteiger partial charge in [-0.1, -0.05) is 0 Å². The standard InChI is InChI=1S/C10H14FN3/c1-7-8(11)2-3-9(14-7)10-6-12-4-5-13-10/h2-3,10,12-13H,4-6H2,1H3/t10-/m1/s1. The number of nitrogens with zero attached hydrogens (tertiary/aromatic N) is 1. The molecule has 0 aromatic carbocycles. The molecular weight excluding hydrogens is 181 g/mol. The molecule has 1 aliphatic heterocycles. The van der Waals surface area contributed by atoms with E-state index in [1.165, 1.54) is 6.07 Å². The van der Waals surface area contributed by atoms with Gasteiger partial charge in [-0.15, -0.1) is 0 Å². The fourth-order valence-corrected chi connectivity index (χ4v) is 1.62. The van der Waals surface area contributed by atoms with E-state index in [4.69, 9.17) is 0 Å². The Morgan fingerprint density at radius 3 is 2.93 bits per heavy atom. The molecule has 0 spiro atoms. The molecule has 2 heterocycles. The SMILES string of the molecule is Cc1nc([C@H]2CNCCN2)ccc1F. The molecule has 1 atom stereocenters. The monoisotopic (exact) mass is 195 g/mol. The van der Waals surface area contributed by atoms with Crippen LogP contribution in [0, 0.1) is 12.7 Å². The molecule has 2 rings (SSSR count). The summed E-state index contributed by atoms with van der Waals surface area (Å²) in [5, 5.41) is 6.61. The summed E-state index contributed by atoms with van der Waals surface area (Å²) < 4.78 is 13.0. The first-order valence-corrected chi connectivity index (χ1v) is 4.84. The van der Waals surface area contributed by atoms with Gasteiger partial charge in [-0.2, -0.15) is 0 Å². The molecular formula is C10H14FN3. The van der Waals surface area contributed by atoms with Crippen LogP contribution in [0.5, 0.6) is 0 Å². The van der Waals surface area contributed by atoms with Gasteiger partial charge in [-0.05, 0) is 19.1 Å². The summed E-state index contributed by atoms with van der Waals surface area (Å²) >= 11 is 0. The van der Waals surface area contributed by atoms with Crippen molar-refractivity contribution in [3.8, 4) is 0 Å². The Bertz CT molecular complexity index is 321. The van der Waals surface area contributed by atoms with Crippen LogP contribution in [0.2, 0.25) is 0 Å². The largest absolute Gasteiger partial charge is 0.314 e. The van der Waals surface area contributed by atoms with Gasteiger partial charge in [0.2, 0.25) is 0 Å². The molecule has 14 heavy (non-hydrogen) atoms. The first-order valence-electron chi connectivity index (χ1n) is 4.84. The van der Waals surface area contributed by atoms with E-state index in [-0.39, 0.29) is 11.9 Å². The van der Waals surface area contributed by atoms with Crippen LogP contribution in [0.15, 0.2) is 12.1 Å². The summed E-state index contributed by atoms with van der Waals surface area (Å²) in [6.45, 7) is 4.46. The van der Waals surface area contributed by atoms with Crippen molar-refractivity contribution in [3.63, 3.8) is 0 Å². The Morgan fingerprint density at radius 1 is 1.43 bits per heavy atom. The topological polar surface area (TPSA) is 37.0 Å². The number of aromatic nitrogens is 1. The molecule has 1 fully saturated rings. The van der Waals surface area contributed by atoms with Crippen LogP contribution in [0.4, 0.5) is 4.39 Å². The zero-order valence-corrected chi connectivity index (χ0v) is 8.18. The lowest BCUT2D eigenvalue weighted by molar-refractivity contribution is 0.421. The molecule has 1 aromatic rings. The first-order chi connectivity index (χ1) is 6.77. The maximum atomic E-state index is 13.0. The average molecular weight is 195 g/mol. The van der Waals surface area contributed by atoms with Gasteiger partial charge < -0.3 is 10.6 Å². The zero-order chi connectivity index (χ0) is 9.97. The Labute approximate surface area is 82.7 Å². The van der Waals surface area contributed by atoms with Crippen LogP contribution >= 0.6 is 0 Å². The van der Waals surface area contributed by atoms with Crippen molar-refractivity contribution < 1.29 is 4.39 Å². The van der Waals surface area contributed by atoms with Gasteiger partial charge in [-0.25, -0.2) is 4.39 Å². The maximum Gasteiger partial charge on any atom is 0.144 e. The average Bonchev–Trinajstić information content (AvgIpc) is 2.23. The minimum atomic E-state index is -0.238. The fourth-order valence-electron chi connectivity index (χ4n) is 1.62. The van der Waals surface area contributed by atoms with Crippen LogP contribution in [0.1, 0.15) is 17.4 Å². The Morgan fingerprint density at radius 2 is 2.29 bits per heavy atom. The third kappa shape index (κ3) is 1.91. The molecule has 1 aliphatic rings. The molecule has 1 saturated heterocycles. The van der Waals surface area contributed by atoms with Gasteiger partial charge in [0.25, 0.3) is 0 Å². The summed E-state index contributed by atoms with van der Waals surface area (Å²) in [6.07, 6.45) is 0. The van der Waals surface area contributed by atoms with Gasteiger partial charge in [0.05, 0.1) is 17.4 Å². The van der Waals surface area contributed by atoms with Crippen molar-refractivity contribution in [2.45, 2.75) is 13.0 Å². The van der Waals surface area contributed by atoms with Crippen molar-refractivity contribution in [2.75, 3.05) is 19.6 Å². The number of piperazine rings is 1. The Balaban J connectivity index is 2.18. The first kappa shape index (κ1) is 9.55. The predicted molar refractivity (Wildman–Crippen MR) is 52.5 cm³/mol. The molecule has 0 saturated carbocycles. The lowest BCUT2D eigenvalue weighted by Crippen LogP contribution is -2.43. The van der Waals surface area contributed by atoms with Crippen LogP contribution in [0.3, 0.4) is 0 Å². The fraction of sp³-hybridized carbons (Fsp3) is 0.500. The summed E-state index contributed by atoms with van der Waals surface area (Å²) in [4.78, 5) is 4.22. The summed E-state index contributed by atoms with van der Waals surface area (Å²) in [6, 6.07) is 3.43. The number of nitrogens with one attached hydrogen (secondary N) is 2. The Hall–Kier alpha value is -1.00. The smallest absolute Gasteiger partial charge is 0.144 e. The van der Waals surface area contributed by atoms with Crippen molar-refractivity contribution in [1.82, 2.24) is 15.6 Å². The molecule has 0 bridgehead atoms. The maximum absolute atomic E-state index is 13.0. The van der Waals surface area contributed by atoms with Gasteiger partial charge in [0.15, 0.2) is 0 Å². The van der Waals surface area contributed by atoms with Gasteiger partial charge in [0.1, 0.15) is 5.82 Å². The van der Waals surface area contributed by atoms with Crippen LogP contribution in [0.25, 0.3) is 0 Å². The van der Waals surface area contributed by atoms with E-state index in [9.17, 15) is 4.39 Å². The Kier molecular flexibility index (Phi) is 2.74. The number of halogens is 1. The highest BCUT2D eigenvalue weighted by atomic mass is 19.1. The van der Waals surface area contributed by atoms with E-state index in [0.29, 0.717) is 5.69 Å². The third-order valence-electron chi connectivity index (χ3n) is 2.44. The van der Waals surface area contributed by atoms with E-state index < -0.39 is 0 Å². The summed E-state index contributed by atoms with van der Waals surface area (Å²) in [5.74, 6) is -0.238. The molecule has 0 aliphatic carbocycles. The van der Waals surface area contributed by atoms with Gasteiger partial charge in [-0.3, -0.25) is 4.98 Å². The van der Waals surface area contributed by atoms with E-state index in [2.05, 4.69) is 15.6 Å².